The molecular weight excluding hydrogens is 218 g/mol. The van der Waals surface area contributed by atoms with E-state index in [1.54, 1.807) is 24.5 Å². The maximum absolute atomic E-state index is 11.9. The van der Waals surface area contributed by atoms with Gasteiger partial charge in [-0.25, -0.2) is 4.98 Å². The standard InChI is InChI=1S/C12H15N3O2/c1-2-9(6-16)15-12(17)8-3-4-10-11(5-8)14-7-13-10/h3-5,7,9,16H,2,6H2,1H3,(H,13,14)(H,15,17)/t9-/m1/s1. The van der Waals surface area contributed by atoms with Crippen molar-refractivity contribution in [1.82, 2.24) is 15.3 Å². The first-order chi connectivity index (χ1) is 8.24. The van der Waals surface area contributed by atoms with Crippen molar-refractivity contribution in [2.75, 3.05) is 6.61 Å². The molecule has 0 saturated carbocycles. The Kier molecular flexibility index (Phi) is 3.39. The summed E-state index contributed by atoms with van der Waals surface area (Å²) in [6, 6.07) is 5.07. The monoisotopic (exact) mass is 233 g/mol. The largest absolute Gasteiger partial charge is 0.394 e. The van der Waals surface area contributed by atoms with Crippen molar-refractivity contribution in [2.45, 2.75) is 19.4 Å². The van der Waals surface area contributed by atoms with E-state index in [1.165, 1.54) is 0 Å². The van der Waals surface area contributed by atoms with Crippen molar-refractivity contribution < 1.29 is 9.90 Å². The average Bonchev–Trinajstić information content (AvgIpc) is 2.82. The van der Waals surface area contributed by atoms with Crippen molar-refractivity contribution in [3.05, 3.63) is 30.1 Å². The summed E-state index contributed by atoms with van der Waals surface area (Å²) in [7, 11) is 0. The van der Waals surface area contributed by atoms with Gasteiger partial charge < -0.3 is 15.4 Å². The van der Waals surface area contributed by atoms with Gasteiger partial charge in [0.2, 0.25) is 0 Å². The zero-order valence-corrected chi connectivity index (χ0v) is 9.60. The van der Waals surface area contributed by atoms with E-state index in [-0.39, 0.29) is 18.6 Å². The SMILES string of the molecule is CC[C@H](CO)NC(=O)c1ccc2nc[nH]c2c1. The van der Waals surface area contributed by atoms with Crippen LogP contribution in [-0.4, -0.2) is 33.6 Å². The quantitative estimate of drug-likeness (QED) is 0.739. The molecule has 1 heterocycles. The van der Waals surface area contributed by atoms with Gasteiger partial charge in [-0.3, -0.25) is 4.79 Å². The van der Waals surface area contributed by atoms with E-state index in [0.717, 1.165) is 11.0 Å². The number of nitrogens with one attached hydrogen (secondary N) is 2. The maximum atomic E-state index is 11.9. The van der Waals surface area contributed by atoms with Crippen molar-refractivity contribution in [3.63, 3.8) is 0 Å². The lowest BCUT2D eigenvalue weighted by atomic mass is 10.1. The molecular formula is C12H15N3O2. The van der Waals surface area contributed by atoms with Gasteiger partial charge in [-0.05, 0) is 24.6 Å². The first-order valence-corrected chi connectivity index (χ1v) is 5.59. The normalized spacial score (nSPS) is 12.6. The van der Waals surface area contributed by atoms with Crippen LogP contribution in [0.3, 0.4) is 0 Å². The summed E-state index contributed by atoms with van der Waals surface area (Å²) >= 11 is 0. The number of rotatable bonds is 4. The van der Waals surface area contributed by atoms with E-state index >= 15 is 0 Å². The van der Waals surface area contributed by atoms with Gasteiger partial charge in [0.15, 0.2) is 0 Å². The molecule has 1 amide bonds. The van der Waals surface area contributed by atoms with Gasteiger partial charge in [-0.2, -0.15) is 0 Å². The summed E-state index contributed by atoms with van der Waals surface area (Å²) < 4.78 is 0. The van der Waals surface area contributed by atoms with Crippen LogP contribution in [-0.2, 0) is 0 Å². The molecule has 2 aromatic rings. The number of aliphatic hydroxyl groups excluding tert-OH is 1. The van der Waals surface area contributed by atoms with Crippen molar-refractivity contribution in [3.8, 4) is 0 Å². The molecule has 0 radical (unpaired) electrons. The molecule has 5 nitrogen and oxygen atoms in total. The zero-order valence-electron chi connectivity index (χ0n) is 9.60. The highest BCUT2D eigenvalue weighted by Crippen LogP contribution is 2.11. The van der Waals surface area contributed by atoms with Crippen molar-refractivity contribution in [1.29, 1.82) is 0 Å². The Morgan fingerprint density at radius 2 is 2.41 bits per heavy atom. The van der Waals surface area contributed by atoms with Gasteiger partial charge in [0, 0.05) is 5.56 Å². The lowest BCUT2D eigenvalue weighted by Crippen LogP contribution is -2.36. The minimum Gasteiger partial charge on any atom is -0.394 e. The zero-order chi connectivity index (χ0) is 12.3. The number of nitrogens with zero attached hydrogens (tertiary/aromatic N) is 1. The fraction of sp³-hybridized carbons (Fsp3) is 0.333. The molecule has 90 valence electrons. The average molecular weight is 233 g/mol. The molecule has 0 fully saturated rings. The van der Waals surface area contributed by atoms with Gasteiger partial charge in [0.05, 0.1) is 30.0 Å². The fourth-order valence-electron chi connectivity index (χ4n) is 1.62. The second kappa shape index (κ2) is 4.97. The second-order valence-electron chi connectivity index (χ2n) is 3.90. The van der Waals surface area contributed by atoms with Crippen LogP contribution in [0.4, 0.5) is 0 Å². The van der Waals surface area contributed by atoms with Crippen molar-refractivity contribution >= 4 is 16.9 Å². The molecule has 0 saturated heterocycles. The maximum Gasteiger partial charge on any atom is 0.251 e. The van der Waals surface area contributed by atoms with Crippen LogP contribution < -0.4 is 5.32 Å². The Hall–Kier alpha value is -1.88. The third-order valence-electron chi connectivity index (χ3n) is 2.73. The molecule has 3 N–H and O–H groups in total. The van der Waals surface area contributed by atoms with Crippen LogP contribution in [0.5, 0.6) is 0 Å². The third-order valence-corrected chi connectivity index (χ3v) is 2.73. The third kappa shape index (κ3) is 2.45. The summed E-state index contributed by atoms with van der Waals surface area (Å²) in [5, 5.41) is 11.8. The van der Waals surface area contributed by atoms with Crippen LogP contribution >= 0.6 is 0 Å². The van der Waals surface area contributed by atoms with E-state index in [2.05, 4.69) is 15.3 Å². The number of carbonyl (C=O) groups excluding carboxylic acids is 1. The molecule has 1 atom stereocenters. The molecule has 0 bridgehead atoms. The van der Waals surface area contributed by atoms with E-state index in [0.29, 0.717) is 12.0 Å². The number of H-pyrrole nitrogens is 1. The summed E-state index contributed by atoms with van der Waals surface area (Å²) in [5.41, 5.74) is 2.22. The minimum absolute atomic E-state index is 0.0471. The van der Waals surface area contributed by atoms with Crippen LogP contribution in [0.2, 0.25) is 0 Å². The summed E-state index contributed by atoms with van der Waals surface area (Å²) in [5.74, 6) is -0.178. The number of benzene rings is 1. The summed E-state index contributed by atoms with van der Waals surface area (Å²) in [6.07, 6.45) is 2.30. The highest BCUT2D eigenvalue weighted by Gasteiger charge is 2.11. The number of hydrogen-bond acceptors (Lipinski definition) is 3. The highest BCUT2D eigenvalue weighted by molar-refractivity contribution is 5.97. The lowest BCUT2D eigenvalue weighted by molar-refractivity contribution is 0.0915. The molecule has 0 spiro atoms. The molecule has 17 heavy (non-hydrogen) atoms. The lowest BCUT2D eigenvalue weighted by Gasteiger charge is -2.13. The predicted molar refractivity (Wildman–Crippen MR) is 64.7 cm³/mol. The number of aromatic nitrogens is 2. The number of aliphatic hydroxyl groups is 1. The Morgan fingerprint density at radius 3 is 3.12 bits per heavy atom. The number of carbonyl (C=O) groups is 1. The molecule has 1 aromatic heterocycles. The highest BCUT2D eigenvalue weighted by atomic mass is 16.3. The van der Waals surface area contributed by atoms with E-state index in [9.17, 15) is 4.79 Å². The molecule has 0 aliphatic rings. The van der Waals surface area contributed by atoms with Gasteiger partial charge in [0.25, 0.3) is 5.91 Å². The van der Waals surface area contributed by atoms with Crippen LogP contribution in [0.15, 0.2) is 24.5 Å². The Labute approximate surface area is 98.9 Å². The van der Waals surface area contributed by atoms with E-state index in [1.807, 2.05) is 6.92 Å². The molecule has 0 unspecified atom stereocenters. The van der Waals surface area contributed by atoms with Crippen LogP contribution in [0, 0.1) is 0 Å². The summed E-state index contributed by atoms with van der Waals surface area (Å²) in [4.78, 5) is 18.9. The number of fused-ring (bicyclic) bond motifs is 1. The Bertz CT molecular complexity index is 517. The fourth-order valence-corrected chi connectivity index (χ4v) is 1.62. The van der Waals surface area contributed by atoms with Gasteiger partial charge in [-0.1, -0.05) is 6.92 Å². The number of aromatic amines is 1. The van der Waals surface area contributed by atoms with Crippen LogP contribution in [0.1, 0.15) is 23.7 Å². The first kappa shape index (κ1) is 11.6. The van der Waals surface area contributed by atoms with Gasteiger partial charge in [0.1, 0.15) is 0 Å². The molecule has 0 aliphatic heterocycles. The van der Waals surface area contributed by atoms with Gasteiger partial charge in [-0.15, -0.1) is 0 Å². The van der Waals surface area contributed by atoms with Crippen molar-refractivity contribution in [2.24, 2.45) is 0 Å². The predicted octanol–water partition coefficient (Wildman–Crippen LogP) is 1.06. The van der Waals surface area contributed by atoms with Crippen LogP contribution in [0.25, 0.3) is 11.0 Å². The summed E-state index contributed by atoms with van der Waals surface area (Å²) in [6.45, 7) is 1.87. The Morgan fingerprint density at radius 1 is 1.59 bits per heavy atom. The topological polar surface area (TPSA) is 78.0 Å². The molecule has 1 aromatic carbocycles. The first-order valence-electron chi connectivity index (χ1n) is 5.59. The Balaban J connectivity index is 2.18. The molecule has 0 aliphatic carbocycles. The second-order valence-corrected chi connectivity index (χ2v) is 3.90. The number of amides is 1. The number of hydrogen-bond donors (Lipinski definition) is 3. The molecule has 5 heteroatoms. The smallest absolute Gasteiger partial charge is 0.251 e. The van der Waals surface area contributed by atoms with E-state index < -0.39 is 0 Å². The van der Waals surface area contributed by atoms with Gasteiger partial charge >= 0.3 is 0 Å². The molecule has 2 rings (SSSR count). The van der Waals surface area contributed by atoms with E-state index in [4.69, 9.17) is 5.11 Å². The number of imidazole rings is 1. The minimum atomic E-state index is -0.194.